The first-order valence-corrected chi connectivity index (χ1v) is 6.43. The summed E-state index contributed by atoms with van der Waals surface area (Å²) in [6, 6.07) is 6.19. The number of nitrogens with one attached hydrogen (secondary N) is 1. The lowest BCUT2D eigenvalue weighted by Crippen LogP contribution is -2.16. The molecule has 1 aliphatic rings. The van der Waals surface area contributed by atoms with E-state index in [9.17, 15) is 0 Å². The summed E-state index contributed by atoms with van der Waals surface area (Å²) in [5, 5.41) is 3.44. The fourth-order valence-corrected chi connectivity index (χ4v) is 2.52. The summed E-state index contributed by atoms with van der Waals surface area (Å²) in [5.41, 5.74) is 9.11. The molecule has 3 N–H and O–H groups in total. The van der Waals surface area contributed by atoms with Crippen molar-refractivity contribution in [2.75, 3.05) is 37.7 Å². The first-order valence-electron chi connectivity index (χ1n) is 6.43. The monoisotopic (exact) mass is 233 g/mol. The lowest BCUT2D eigenvalue weighted by Gasteiger charge is -2.13. The largest absolute Gasteiger partial charge is 0.397 e. The Morgan fingerprint density at radius 1 is 1.47 bits per heavy atom. The van der Waals surface area contributed by atoms with E-state index in [1.54, 1.807) is 0 Å². The maximum Gasteiger partial charge on any atom is 0.0574 e. The Bertz CT molecular complexity index is 376. The average Bonchev–Trinajstić information content (AvgIpc) is 2.68. The highest BCUT2D eigenvalue weighted by atomic mass is 15.1. The van der Waals surface area contributed by atoms with Crippen LogP contribution in [-0.4, -0.2) is 31.6 Å². The molecule has 0 aromatic heterocycles. The van der Waals surface area contributed by atoms with Crippen LogP contribution in [0.25, 0.3) is 0 Å². The van der Waals surface area contributed by atoms with Crippen LogP contribution < -0.4 is 11.1 Å². The zero-order valence-corrected chi connectivity index (χ0v) is 10.9. The molecule has 1 saturated heterocycles. The molecule has 0 bridgehead atoms. The highest BCUT2D eigenvalue weighted by Crippen LogP contribution is 2.21. The SMILES string of the molecule is Cc1ccc(NCCC2CCN(C)C2)c(N)c1. The Balaban J connectivity index is 1.78. The smallest absolute Gasteiger partial charge is 0.0574 e. The maximum atomic E-state index is 5.97. The molecule has 3 nitrogen and oxygen atoms in total. The van der Waals surface area contributed by atoms with E-state index in [2.05, 4.69) is 36.3 Å². The lowest BCUT2D eigenvalue weighted by atomic mass is 10.1. The van der Waals surface area contributed by atoms with Crippen LogP contribution in [0.15, 0.2) is 18.2 Å². The summed E-state index contributed by atoms with van der Waals surface area (Å²) >= 11 is 0. The number of benzene rings is 1. The molecule has 0 radical (unpaired) electrons. The predicted molar refractivity (Wildman–Crippen MR) is 74.3 cm³/mol. The van der Waals surface area contributed by atoms with Gasteiger partial charge in [-0.05, 0) is 57.0 Å². The fourth-order valence-electron chi connectivity index (χ4n) is 2.52. The molecule has 1 aromatic rings. The molecule has 1 aliphatic heterocycles. The summed E-state index contributed by atoms with van der Waals surface area (Å²) < 4.78 is 0. The molecule has 0 spiro atoms. The molecule has 3 heteroatoms. The van der Waals surface area contributed by atoms with Crippen LogP contribution in [0, 0.1) is 12.8 Å². The van der Waals surface area contributed by atoms with Crippen LogP contribution in [0.1, 0.15) is 18.4 Å². The Morgan fingerprint density at radius 2 is 2.29 bits per heavy atom. The highest BCUT2D eigenvalue weighted by Gasteiger charge is 2.18. The summed E-state index contributed by atoms with van der Waals surface area (Å²) in [4.78, 5) is 2.41. The van der Waals surface area contributed by atoms with Gasteiger partial charge < -0.3 is 16.0 Å². The molecule has 2 rings (SSSR count). The van der Waals surface area contributed by atoms with E-state index in [1.165, 1.54) is 31.5 Å². The normalized spacial score (nSPS) is 20.7. The molecule has 0 saturated carbocycles. The van der Waals surface area contributed by atoms with Gasteiger partial charge in [-0.25, -0.2) is 0 Å². The van der Waals surface area contributed by atoms with Crippen molar-refractivity contribution in [2.24, 2.45) is 5.92 Å². The van der Waals surface area contributed by atoms with Crippen LogP contribution in [0.3, 0.4) is 0 Å². The topological polar surface area (TPSA) is 41.3 Å². The summed E-state index contributed by atoms with van der Waals surface area (Å²) in [5.74, 6) is 0.846. The van der Waals surface area contributed by atoms with E-state index >= 15 is 0 Å². The second-order valence-corrected chi connectivity index (χ2v) is 5.22. The molecule has 0 amide bonds. The fraction of sp³-hybridized carbons (Fsp3) is 0.571. The van der Waals surface area contributed by atoms with E-state index in [0.717, 1.165) is 23.8 Å². The minimum absolute atomic E-state index is 0.846. The minimum atomic E-state index is 0.846. The molecule has 1 heterocycles. The third-order valence-corrected chi connectivity index (χ3v) is 3.56. The summed E-state index contributed by atoms with van der Waals surface area (Å²) in [6.07, 6.45) is 2.57. The van der Waals surface area contributed by atoms with Crippen molar-refractivity contribution >= 4 is 11.4 Å². The second kappa shape index (κ2) is 5.41. The lowest BCUT2D eigenvalue weighted by molar-refractivity contribution is 0.390. The van der Waals surface area contributed by atoms with Gasteiger partial charge in [0.2, 0.25) is 0 Å². The molecule has 1 fully saturated rings. The second-order valence-electron chi connectivity index (χ2n) is 5.22. The predicted octanol–water partition coefficient (Wildman–Crippen LogP) is 2.33. The molecule has 17 heavy (non-hydrogen) atoms. The van der Waals surface area contributed by atoms with Crippen LogP contribution >= 0.6 is 0 Å². The van der Waals surface area contributed by atoms with Crippen LogP contribution in [0.5, 0.6) is 0 Å². The molecule has 1 atom stereocenters. The summed E-state index contributed by atoms with van der Waals surface area (Å²) in [6.45, 7) is 5.57. The van der Waals surface area contributed by atoms with Gasteiger partial charge >= 0.3 is 0 Å². The van der Waals surface area contributed by atoms with Crippen molar-refractivity contribution in [1.82, 2.24) is 4.90 Å². The number of aryl methyl sites for hydroxylation is 1. The van der Waals surface area contributed by atoms with Crippen molar-refractivity contribution in [3.63, 3.8) is 0 Å². The maximum absolute atomic E-state index is 5.97. The van der Waals surface area contributed by atoms with Gasteiger partial charge in [0.05, 0.1) is 11.4 Å². The quantitative estimate of drug-likeness (QED) is 0.784. The van der Waals surface area contributed by atoms with Crippen molar-refractivity contribution in [2.45, 2.75) is 19.8 Å². The van der Waals surface area contributed by atoms with Crippen LogP contribution in [0.4, 0.5) is 11.4 Å². The molecule has 1 aromatic carbocycles. The number of anilines is 2. The van der Waals surface area contributed by atoms with Gasteiger partial charge in [-0.1, -0.05) is 6.07 Å². The van der Waals surface area contributed by atoms with E-state index in [1.807, 2.05) is 6.07 Å². The molecular formula is C14H23N3. The molecule has 94 valence electrons. The van der Waals surface area contributed by atoms with Crippen molar-refractivity contribution in [1.29, 1.82) is 0 Å². The van der Waals surface area contributed by atoms with Gasteiger partial charge in [-0.15, -0.1) is 0 Å². The number of rotatable bonds is 4. The Morgan fingerprint density at radius 3 is 2.94 bits per heavy atom. The number of nitrogens with two attached hydrogens (primary N) is 1. The zero-order valence-electron chi connectivity index (χ0n) is 10.9. The highest BCUT2D eigenvalue weighted by molar-refractivity contribution is 5.66. The molecular weight excluding hydrogens is 210 g/mol. The number of hydrogen-bond acceptors (Lipinski definition) is 3. The molecule has 1 unspecified atom stereocenters. The third kappa shape index (κ3) is 3.37. The van der Waals surface area contributed by atoms with E-state index in [0.29, 0.717) is 0 Å². The van der Waals surface area contributed by atoms with Crippen molar-refractivity contribution in [3.05, 3.63) is 23.8 Å². The van der Waals surface area contributed by atoms with Crippen LogP contribution in [0.2, 0.25) is 0 Å². The zero-order chi connectivity index (χ0) is 12.3. The van der Waals surface area contributed by atoms with Gasteiger partial charge in [0.15, 0.2) is 0 Å². The van der Waals surface area contributed by atoms with Crippen LogP contribution in [-0.2, 0) is 0 Å². The Hall–Kier alpha value is -1.22. The van der Waals surface area contributed by atoms with Gasteiger partial charge in [-0.2, -0.15) is 0 Å². The van der Waals surface area contributed by atoms with Gasteiger partial charge in [0.1, 0.15) is 0 Å². The summed E-state index contributed by atoms with van der Waals surface area (Å²) in [7, 11) is 2.20. The van der Waals surface area contributed by atoms with E-state index in [-0.39, 0.29) is 0 Å². The number of likely N-dealkylation sites (tertiary alicyclic amines) is 1. The first kappa shape index (κ1) is 12.2. The number of hydrogen-bond donors (Lipinski definition) is 2. The molecule has 0 aliphatic carbocycles. The van der Waals surface area contributed by atoms with E-state index in [4.69, 9.17) is 5.73 Å². The minimum Gasteiger partial charge on any atom is -0.397 e. The standard InChI is InChI=1S/C14H23N3/c1-11-3-4-14(13(15)9-11)16-7-5-12-6-8-17(2)10-12/h3-4,9,12,16H,5-8,10,15H2,1-2H3. The van der Waals surface area contributed by atoms with Gasteiger partial charge in [-0.3, -0.25) is 0 Å². The third-order valence-electron chi connectivity index (χ3n) is 3.56. The number of nitrogens with zero attached hydrogens (tertiary/aromatic N) is 1. The van der Waals surface area contributed by atoms with Crippen molar-refractivity contribution < 1.29 is 0 Å². The van der Waals surface area contributed by atoms with Crippen molar-refractivity contribution in [3.8, 4) is 0 Å². The van der Waals surface area contributed by atoms with Gasteiger partial charge in [0.25, 0.3) is 0 Å². The first-order chi connectivity index (χ1) is 8.15. The average molecular weight is 233 g/mol. The Kier molecular flexibility index (Phi) is 3.89. The van der Waals surface area contributed by atoms with E-state index < -0.39 is 0 Å². The Labute approximate surface area is 104 Å². The number of nitrogen functional groups attached to an aromatic ring is 1. The van der Waals surface area contributed by atoms with Gasteiger partial charge in [0, 0.05) is 13.1 Å².